The zero-order valence-corrected chi connectivity index (χ0v) is 11.8. The minimum atomic E-state index is 0.0197. The topological polar surface area (TPSA) is 34.9 Å². The van der Waals surface area contributed by atoms with Crippen LogP contribution in [-0.4, -0.2) is 9.55 Å². The van der Waals surface area contributed by atoms with E-state index in [0.717, 1.165) is 9.99 Å². The van der Waals surface area contributed by atoms with Crippen LogP contribution in [-0.2, 0) is 6.54 Å². The summed E-state index contributed by atoms with van der Waals surface area (Å²) in [4.78, 5) is 16.6. The third-order valence-corrected chi connectivity index (χ3v) is 2.92. The molecule has 1 heterocycles. The summed E-state index contributed by atoms with van der Waals surface area (Å²) in [7, 11) is 0. The molecule has 0 amide bonds. The average molecular weight is 295 g/mol. The monoisotopic (exact) mass is 294 g/mol. The van der Waals surface area contributed by atoms with Gasteiger partial charge in [-0.3, -0.25) is 9.36 Å². The van der Waals surface area contributed by atoms with Gasteiger partial charge in [0.05, 0.1) is 17.2 Å². The third-order valence-electron chi connectivity index (χ3n) is 2.43. The number of hydrogen-bond donors (Lipinski definition) is 0. The van der Waals surface area contributed by atoms with Gasteiger partial charge in [0.15, 0.2) is 0 Å². The maximum absolute atomic E-state index is 12.3. The molecule has 90 valence electrons. The second kappa shape index (κ2) is 4.26. The molecule has 0 spiro atoms. The van der Waals surface area contributed by atoms with Crippen molar-refractivity contribution in [2.45, 2.75) is 27.3 Å². The van der Waals surface area contributed by atoms with Gasteiger partial charge in [-0.1, -0.05) is 36.7 Å². The summed E-state index contributed by atoms with van der Waals surface area (Å²) in [6.45, 7) is 6.97. The van der Waals surface area contributed by atoms with Crippen molar-refractivity contribution < 1.29 is 0 Å². The maximum atomic E-state index is 12.3. The normalized spacial score (nSPS) is 12.0. The molecule has 0 aliphatic rings. The molecule has 0 saturated carbocycles. The van der Waals surface area contributed by atoms with Crippen LogP contribution in [0.25, 0.3) is 10.9 Å². The van der Waals surface area contributed by atoms with E-state index in [2.05, 4.69) is 41.7 Å². The fourth-order valence-corrected chi connectivity index (χ4v) is 2.12. The van der Waals surface area contributed by atoms with Crippen molar-refractivity contribution in [1.82, 2.24) is 9.55 Å². The first-order chi connectivity index (χ1) is 7.87. The standard InChI is InChI=1S/C13H15BrN2O/c1-13(2,3)7-16-8-15-11-5-4-9(14)6-10(11)12(16)17/h4-6,8H,7H2,1-3H3. The first-order valence-corrected chi connectivity index (χ1v) is 6.31. The van der Waals surface area contributed by atoms with Crippen molar-refractivity contribution in [3.8, 4) is 0 Å². The molecule has 17 heavy (non-hydrogen) atoms. The quantitative estimate of drug-likeness (QED) is 0.809. The highest BCUT2D eigenvalue weighted by atomic mass is 79.9. The zero-order valence-electron chi connectivity index (χ0n) is 10.2. The van der Waals surface area contributed by atoms with Crippen LogP contribution in [0.3, 0.4) is 0 Å². The van der Waals surface area contributed by atoms with Crippen LogP contribution in [0, 0.1) is 5.41 Å². The molecule has 4 heteroatoms. The summed E-state index contributed by atoms with van der Waals surface area (Å²) in [6.07, 6.45) is 1.63. The van der Waals surface area contributed by atoms with E-state index in [1.165, 1.54) is 0 Å². The molecule has 0 aliphatic heterocycles. The Morgan fingerprint density at radius 2 is 2.06 bits per heavy atom. The van der Waals surface area contributed by atoms with Gasteiger partial charge in [-0.25, -0.2) is 4.98 Å². The third kappa shape index (κ3) is 2.75. The molecule has 0 unspecified atom stereocenters. The summed E-state index contributed by atoms with van der Waals surface area (Å²) in [5, 5.41) is 0.658. The van der Waals surface area contributed by atoms with Crippen LogP contribution in [0.15, 0.2) is 33.8 Å². The molecule has 0 aliphatic carbocycles. The molecule has 2 aromatic rings. The number of nitrogens with zero attached hydrogens (tertiary/aromatic N) is 2. The Hall–Kier alpha value is -1.16. The van der Waals surface area contributed by atoms with Gasteiger partial charge in [0, 0.05) is 11.0 Å². The van der Waals surface area contributed by atoms with E-state index in [1.807, 2.05) is 18.2 Å². The van der Waals surface area contributed by atoms with Gasteiger partial charge in [0.25, 0.3) is 5.56 Å². The van der Waals surface area contributed by atoms with Crippen molar-refractivity contribution in [3.05, 3.63) is 39.4 Å². The van der Waals surface area contributed by atoms with Crippen molar-refractivity contribution in [3.63, 3.8) is 0 Å². The summed E-state index contributed by atoms with van der Waals surface area (Å²) >= 11 is 3.38. The van der Waals surface area contributed by atoms with Crippen LogP contribution >= 0.6 is 15.9 Å². The van der Waals surface area contributed by atoms with Crippen LogP contribution < -0.4 is 5.56 Å². The van der Waals surface area contributed by atoms with E-state index in [-0.39, 0.29) is 11.0 Å². The second-order valence-electron chi connectivity index (χ2n) is 5.40. The highest BCUT2D eigenvalue weighted by molar-refractivity contribution is 9.10. The van der Waals surface area contributed by atoms with E-state index in [0.29, 0.717) is 11.9 Å². The average Bonchev–Trinajstić information content (AvgIpc) is 2.21. The summed E-state index contributed by atoms with van der Waals surface area (Å²) in [5.41, 5.74) is 0.820. The van der Waals surface area contributed by atoms with Crippen molar-refractivity contribution in [2.24, 2.45) is 5.41 Å². The number of rotatable bonds is 1. The lowest BCUT2D eigenvalue weighted by molar-refractivity contribution is 0.337. The number of fused-ring (bicyclic) bond motifs is 1. The lowest BCUT2D eigenvalue weighted by atomic mass is 9.97. The minimum Gasteiger partial charge on any atom is -0.298 e. The maximum Gasteiger partial charge on any atom is 0.261 e. The Kier molecular flexibility index (Phi) is 3.08. The molecule has 3 nitrogen and oxygen atoms in total. The number of benzene rings is 1. The molecule has 1 aromatic heterocycles. The molecule has 0 fully saturated rings. The van der Waals surface area contributed by atoms with Gasteiger partial charge >= 0.3 is 0 Å². The predicted molar refractivity (Wildman–Crippen MR) is 73.2 cm³/mol. The van der Waals surface area contributed by atoms with Gasteiger partial charge in [-0.05, 0) is 23.6 Å². The Labute approximate surface area is 109 Å². The molecule has 2 rings (SSSR count). The molecule has 0 N–H and O–H groups in total. The SMILES string of the molecule is CC(C)(C)Cn1cnc2ccc(Br)cc2c1=O. The summed E-state index contributed by atoms with van der Waals surface area (Å²) in [5.74, 6) is 0. The van der Waals surface area contributed by atoms with Gasteiger partial charge in [-0.2, -0.15) is 0 Å². The van der Waals surface area contributed by atoms with Crippen molar-refractivity contribution >= 4 is 26.8 Å². The van der Waals surface area contributed by atoms with Gasteiger partial charge < -0.3 is 0 Å². The van der Waals surface area contributed by atoms with E-state index >= 15 is 0 Å². The first-order valence-electron chi connectivity index (χ1n) is 5.51. The molecular weight excluding hydrogens is 280 g/mol. The van der Waals surface area contributed by atoms with Gasteiger partial charge in [0.1, 0.15) is 0 Å². The largest absolute Gasteiger partial charge is 0.298 e. The van der Waals surface area contributed by atoms with E-state index in [9.17, 15) is 4.79 Å². The summed E-state index contributed by atoms with van der Waals surface area (Å²) < 4.78 is 2.58. The fraction of sp³-hybridized carbons (Fsp3) is 0.385. The van der Waals surface area contributed by atoms with E-state index in [1.54, 1.807) is 10.9 Å². The molecule has 0 bridgehead atoms. The van der Waals surface area contributed by atoms with Crippen LogP contribution in [0.1, 0.15) is 20.8 Å². The molecule has 1 aromatic carbocycles. The smallest absolute Gasteiger partial charge is 0.261 e. The van der Waals surface area contributed by atoms with Crippen LogP contribution in [0.4, 0.5) is 0 Å². The number of halogens is 1. The molecular formula is C13H15BrN2O. The minimum absolute atomic E-state index is 0.0197. The Morgan fingerprint density at radius 3 is 2.71 bits per heavy atom. The predicted octanol–water partition coefficient (Wildman–Crippen LogP) is 3.21. The molecule has 0 radical (unpaired) electrons. The summed E-state index contributed by atoms with van der Waals surface area (Å²) in [6, 6.07) is 5.56. The number of aromatic nitrogens is 2. The fourth-order valence-electron chi connectivity index (χ4n) is 1.75. The molecule has 0 saturated heterocycles. The van der Waals surface area contributed by atoms with Gasteiger partial charge in [0.2, 0.25) is 0 Å². The van der Waals surface area contributed by atoms with Crippen molar-refractivity contribution in [2.75, 3.05) is 0 Å². The van der Waals surface area contributed by atoms with Crippen LogP contribution in [0.2, 0.25) is 0 Å². The Balaban J connectivity index is 2.61. The molecule has 0 atom stereocenters. The highest BCUT2D eigenvalue weighted by Gasteiger charge is 2.13. The Morgan fingerprint density at radius 1 is 1.35 bits per heavy atom. The Bertz CT molecular complexity index is 611. The lowest BCUT2D eigenvalue weighted by Gasteiger charge is -2.19. The first kappa shape index (κ1) is 12.3. The van der Waals surface area contributed by atoms with E-state index < -0.39 is 0 Å². The second-order valence-corrected chi connectivity index (χ2v) is 6.32. The zero-order chi connectivity index (χ0) is 12.6. The van der Waals surface area contributed by atoms with Gasteiger partial charge in [-0.15, -0.1) is 0 Å². The lowest BCUT2D eigenvalue weighted by Crippen LogP contribution is -2.27. The highest BCUT2D eigenvalue weighted by Crippen LogP contribution is 2.17. The van der Waals surface area contributed by atoms with E-state index in [4.69, 9.17) is 0 Å². The van der Waals surface area contributed by atoms with Crippen LogP contribution in [0.5, 0.6) is 0 Å². The van der Waals surface area contributed by atoms with Crippen molar-refractivity contribution in [1.29, 1.82) is 0 Å². The number of hydrogen-bond acceptors (Lipinski definition) is 2.